The number of nitrogens with one attached hydrogen (secondary N) is 1. The highest BCUT2D eigenvalue weighted by Gasteiger charge is 2.32. The van der Waals surface area contributed by atoms with Gasteiger partial charge in [-0.1, -0.05) is 30.3 Å². The van der Waals surface area contributed by atoms with E-state index < -0.39 is 0 Å². The van der Waals surface area contributed by atoms with E-state index >= 15 is 0 Å². The van der Waals surface area contributed by atoms with Crippen LogP contribution in [0.15, 0.2) is 35.3 Å². The second kappa shape index (κ2) is 11.8. The van der Waals surface area contributed by atoms with E-state index in [2.05, 4.69) is 57.3 Å². The summed E-state index contributed by atoms with van der Waals surface area (Å²) in [5.41, 5.74) is 1.41. The lowest BCUT2D eigenvalue weighted by Crippen LogP contribution is -2.53. The molecule has 0 aliphatic carbocycles. The average molecular weight is 430 g/mol. The van der Waals surface area contributed by atoms with Crippen LogP contribution in [-0.4, -0.2) is 105 Å². The van der Waals surface area contributed by atoms with E-state index in [9.17, 15) is 0 Å². The largest absolute Gasteiger partial charge is 0.375 e. The first-order valence-corrected chi connectivity index (χ1v) is 12.1. The van der Waals surface area contributed by atoms with Crippen LogP contribution in [0.4, 0.5) is 0 Å². The van der Waals surface area contributed by atoms with Crippen LogP contribution in [-0.2, 0) is 16.0 Å². The van der Waals surface area contributed by atoms with Crippen LogP contribution in [0.2, 0.25) is 0 Å². The number of hydrogen-bond donors (Lipinski definition) is 1. The third-order valence-corrected chi connectivity index (χ3v) is 6.50. The molecule has 3 fully saturated rings. The molecule has 3 saturated heterocycles. The third kappa shape index (κ3) is 6.65. The molecule has 2 unspecified atom stereocenters. The Balaban J connectivity index is 1.22. The first-order chi connectivity index (χ1) is 15.3. The second-order valence-corrected chi connectivity index (χ2v) is 8.75. The molecule has 3 heterocycles. The van der Waals surface area contributed by atoms with Gasteiger partial charge < -0.3 is 19.7 Å². The molecule has 0 saturated carbocycles. The van der Waals surface area contributed by atoms with Crippen LogP contribution in [0.3, 0.4) is 0 Å². The van der Waals surface area contributed by atoms with Gasteiger partial charge in [0.2, 0.25) is 0 Å². The number of rotatable bonds is 7. The van der Waals surface area contributed by atoms with E-state index in [0.29, 0.717) is 0 Å². The normalized spacial score (nSPS) is 26.4. The zero-order chi connectivity index (χ0) is 21.3. The van der Waals surface area contributed by atoms with E-state index in [1.807, 2.05) is 0 Å². The summed E-state index contributed by atoms with van der Waals surface area (Å²) in [6, 6.07) is 10.8. The van der Waals surface area contributed by atoms with Gasteiger partial charge in [0.1, 0.15) is 6.10 Å². The number of hydrogen-bond acceptors (Lipinski definition) is 5. The van der Waals surface area contributed by atoms with E-state index in [1.54, 1.807) is 0 Å². The standard InChI is InChI=1S/C24H39N5O2/c1-2-25-24(29-16-18-31-23(20-29)22-9-6-17-30-22)26-10-11-27-12-14-28(15-13-27)19-21-7-4-3-5-8-21/h3-5,7-8,22-23H,2,6,9-20H2,1H3,(H,25,26). The molecule has 0 bridgehead atoms. The van der Waals surface area contributed by atoms with Crippen molar-refractivity contribution in [2.24, 2.45) is 4.99 Å². The number of benzene rings is 1. The van der Waals surface area contributed by atoms with Crippen molar-refractivity contribution in [2.45, 2.75) is 38.5 Å². The number of guanidine groups is 1. The maximum Gasteiger partial charge on any atom is 0.194 e. The smallest absolute Gasteiger partial charge is 0.194 e. The molecule has 0 spiro atoms. The van der Waals surface area contributed by atoms with Gasteiger partial charge in [-0.05, 0) is 25.3 Å². The number of nitrogens with zero attached hydrogens (tertiary/aromatic N) is 4. The van der Waals surface area contributed by atoms with Gasteiger partial charge in [-0.25, -0.2) is 0 Å². The molecule has 1 N–H and O–H groups in total. The summed E-state index contributed by atoms with van der Waals surface area (Å²) in [6.07, 6.45) is 2.68. The lowest BCUT2D eigenvalue weighted by atomic mass is 10.1. The molecule has 3 aliphatic heterocycles. The second-order valence-electron chi connectivity index (χ2n) is 8.75. The van der Waals surface area contributed by atoms with Crippen molar-refractivity contribution in [3.05, 3.63) is 35.9 Å². The van der Waals surface area contributed by atoms with Crippen molar-refractivity contribution in [3.63, 3.8) is 0 Å². The van der Waals surface area contributed by atoms with Crippen LogP contribution >= 0.6 is 0 Å². The van der Waals surface area contributed by atoms with Gasteiger partial charge >= 0.3 is 0 Å². The van der Waals surface area contributed by atoms with E-state index in [-0.39, 0.29) is 12.2 Å². The molecular formula is C24H39N5O2. The number of aliphatic imine (C=N–C) groups is 1. The Morgan fingerprint density at radius 2 is 1.77 bits per heavy atom. The molecule has 172 valence electrons. The van der Waals surface area contributed by atoms with E-state index in [0.717, 1.165) is 97.5 Å². The predicted molar refractivity (Wildman–Crippen MR) is 124 cm³/mol. The Labute approximate surface area is 187 Å². The molecule has 3 aliphatic rings. The summed E-state index contributed by atoms with van der Waals surface area (Å²) in [6.45, 7) is 13.8. The molecule has 0 radical (unpaired) electrons. The van der Waals surface area contributed by atoms with Crippen molar-refractivity contribution < 1.29 is 9.47 Å². The zero-order valence-corrected chi connectivity index (χ0v) is 19.0. The van der Waals surface area contributed by atoms with E-state index in [1.165, 1.54) is 5.56 Å². The van der Waals surface area contributed by atoms with Gasteiger partial charge in [0, 0.05) is 65.5 Å². The monoisotopic (exact) mass is 429 g/mol. The van der Waals surface area contributed by atoms with Crippen molar-refractivity contribution in [1.29, 1.82) is 0 Å². The van der Waals surface area contributed by atoms with Crippen molar-refractivity contribution in [3.8, 4) is 0 Å². The fraction of sp³-hybridized carbons (Fsp3) is 0.708. The molecule has 7 heteroatoms. The summed E-state index contributed by atoms with van der Waals surface area (Å²) in [5.74, 6) is 1.02. The third-order valence-electron chi connectivity index (χ3n) is 6.50. The maximum absolute atomic E-state index is 6.01. The first kappa shape index (κ1) is 22.5. The Bertz CT molecular complexity index is 672. The SMILES string of the molecule is CCNC(=NCCN1CCN(Cc2ccccc2)CC1)N1CCOC(C2CCCO2)C1. The summed E-state index contributed by atoms with van der Waals surface area (Å²) < 4.78 is 11.9. The number of ether oxygens (including phenoxy) is 2. The Morgan fingerprint density at radius 1 is 1.00 bits per heavy atom. The number of piperazine rings is 1. The van der Waals surface area contributed by atoms with E-state index in [4.69, 9.17) is 14.5 Å². The maximum atomic E-state index is 6.01. The molecule has 1 aromatic rings. The highest BCUT2D eigenvalue weighted by molar-refractivity contribution is 5.80. The highest BCUT2D eigenvalue weighted by Crippen LogP contribution is 2.21. The molecule has 0 amide bonds. The minimum Gasteiger partial charge on any atom is -0.375 e. The minimum atomic E-state index is 0.165. The van der Waals surface area contributed by atoms with Gasteiger partial charge in [0.25, 0.3) is 0 Å². The van der Waals surface area contributed by atoms with Crippen molar-refractivity contribution in [2.75, 3.05) is 72.1 Å². The van der Waals surface area contributed by atoms with Crippen LogP contribution in [0.1, 0.15) is 25.3 Å². The summed E-state index contributed by atoms with van der Waals surface area (Å²) in [5, 5.41) is 3.49. The van der Waals surface area contributed by atoms with Gasteiger partial charge in [-0.3, -0.25) is 14.8 Å². The summed E-state index contributed by atoms with van der Waals surface area (Å²) in [7, 11) is 0. The zero-order valence-electron chi connectivity index (χ0n) is 19.0. The fourth-order valence-corrected chi connectivity index (χ4v) is 4.72. The minimum absolute atomic E-state index is 0.165. The fourth-order valence-electron chi connectivity index (χ4n) is 4.72. The highest BCUT2D eigenvalue weighted by atomic mass is 16.5. The first-order valence-electron chi connectivity index (χ1n) is 12.1. The molecule has 1 aromatic carbocycles. The molecular weight excluding hydrogens is 390 g/mol. The average Bonchev–Trinajstić information content (AvgIpc) is 3.36. The lowest BCUT2D eigenvalue weighted by molar-refractivity contribution is -0.0817. The Kier molecular flexibility index (Phi) is 8.58. The quantitative estimate of drug-likeness (QED) is 0.526. The van der Waals surface area contributed by atoms with Crippen LogP contribution in [0, 0.1) is 0 Å². The molecule has 4 rings (SSSR count). The Hall–Kier alpha value is -1.67. The lowest BCUT2D eigenvalue weighted by Gasteiger charge is -2.37. The molecule has 31 heavy (non-hydrogen) atoms. The topological polar surface area (TPSA) is 52.6 Å². The van der Waals surface area contributed by atoms with Gasteiger partial charge in [-0.2, -0.15) is 0 Å². The van der Waals surface area contributed by atoms with Crippen molar-refractivity contribution in [1.82, 2.24) is 20.0 Å². The van der Waals surface area contributed by atoms with Crippen LogP contribution in [0.25, 0.3) is 0 Å². The molecule has 2 atom stereocenters. The molecule has 7 nitrogen and oxygen atoms in total. The Morgan fingerprint density at radius 3 is 2.52 bits per heavy atom. The summed E-state index contributed by atoms with van der Waals surface area (Å²) in [4.78, 5) is 12.4. The van der Waals surface area contributed by atoms with Crippen LogP contribution in [0.5, 0.6) is 0 Å². The summed E-state index contributed by atoms with van der Waals surface area (Å²) >= 11 is 0. The number of morpholine rings is 1. The van der Waals surface area contributed by atoms with Crippen LogP contribution < -0.4 is 5.32 Å². The molecule has 0 aromatic heterocycles. The predicted octanol–water partition coefficient (Wildman–Crippen LogP) is 1.65. The van der Waals surface area contributed by atoms with Gasteiger partial charge in [-0.15, -0.1) is 0 Å². The van der Waals surface area contributed by atoms with Gasteiger partial charge in [0.05, 0.1) is 19.3 Å². The van der Waals surface area contributed by atoms with Crippen molar-refractivity contribution >= 4 is 5.96 Å². The van der Waals surface area contributed by atoms with Gasteiger partial charge in [0.15, 0.2) is 5.96 Å².